The van der Waals surface area contributed by atoms with E-state index in [1.165, 1.54) is 24.3 Å². The quantitative estimate of drug-likeness (QED) is 0.684. The molecule has 2 atom stereocenters. The molecule has 1 aromatic rings. The van der Waals surface area contributed by atoms with Crippen molar-refractivity contribution in [1.82, 2.24) is 5.32 Å². The molecule has 2 N–H and O–H groups in total. The van der Waals surface area contributed by atoms with Crippen LogP contribution in [0.15, 0.2) is 24.3 Å². The Balaban J connectivity index is 3.44. The number of ether oxygens (including phenoxy) is 2. The van der Waals surface area contributed by atoms with Crippen LogP contribution in [0.4, 0.5) is 4.79 Å². The van der Waals surface area contributed by atoms with Gasteiger partial charge in [-0.25, -0.2) is 4.79 Å². The lowest BCUT2D eigenvalue weighted by atomic mass is 9.92. The first-order valence-corrected chi connectivity index (χ1v) is 8.66. The lowest BCUT2D eigenvalue weighted by molar-refractivity contribution is 0.0163. The van der Waals surface area contributed by atoms with E-state index >= 15 is 0 Å². The first kappa shape index (κ1) is 12.6. The first-order valence-electron chi connectivity index (χ1n) is 12.7. The molecular weight excluding hydrogens is 330 g/mol. The van der Waals surface area contributed by atoms with Crippen molar-refractivity contribution in [3.63, 3.8) is 0 Å². The molecule has 0 saturated heterocycles. The van der Waals surface area contributed by atoms with Crippen molar-refractivity contribution in [2.45, 2.75) is 78.4 Å². The molecule has 0 unspecified atom stereocenters. The summed E-state index contributed by atoms with van der Waals surface area (Å²) in [5.41, 5.74) is -4.37. The maximum Gasteiger partial charge on any atom is 0.408 e. The molecule has 0 aliphatic heterocycles. The molecule has 26 heavy (non-hydrogen) atoms. The van der Waals surface area contributed by atoms with Crippen LogP contribution in [0.5, 0.6) is 5.75 Å². The zero-order valence-electron chi connectivity index (χ0n) is 24.1. The van der Waals surface area contributed by atoms with Crippen molar-refractivity contribution in [1.29, 1.82) is 0 Å². The predicted molar refractivity (Wildman–Crippen MR) is 104 cm³/mol. The third kappa shape index (κ3) is 8.09. The number of rotatable bonds is 8. The minimum Gasteiger partial charge on any atom is -0.493 e. The van der Waals surface area contributed by atoms with E-state index in [1.54, 1.807) is 27.7 Å². The van der Waals surface area contributed by atoms with Gasteiger partial charge in [0, 0.05) is 8.22 Å². The second-order valence-corrected chi connectivity index (χ2v) is 7.32. The number of carbonyl (C=O) groups excluding carboxylic acids is 1. The van der Waals surface area contributed by atoms with Gasteiger partial charge in [-0.3, -0.25) is 0 Å². The maximum absolute atomic E-state index is 12.4. The van der Waals surface area contributed by atoms with Gasteiger partial charge in [-0.2, -0.15) is 0 Å². The molecule has 0 saturated carbocycles. The third-order valence-corrected chi connectivity index (χ3v) is 3.39. The summed E-state index contributed by atoms with van der Waals surface area (Å²) >= 11 is 0. The minimum absolute atomic E-state index is 0.0462. The van der Waals surface area contributed by atoms with Gasteiger partial charge in [0.15, 0.2) is 0 Å². The maximum atomic E-state index is 12.4. The average molecular weight is 374 g/mol. The Morgan fingerprint density at radius 3 is 2.42 bits per heavy atom. The van der Waals surface area contributed by atoms with Crippen molar-refractivity contribution in [2.24, 2.45) is 5.92 Å². The van der Waals surface area contributed by atoms with Crippen LogP contribution in [0.2, 0.25) is 0 Å². The Hall–Kier alpha value is -1.75. The molecule has 0 heterocycles. The number of aliphatic hydroxyl groups is 1. The van der Waals surface area contributed by atoms with Crippen molar-refractivity contribution >= 4 is 6.09 Å². The van der Waals surface area contributed by atoms with E-state index in [2.05, 4.69) is 5.32 Å². The minimum atomic E-state index is -3.42. The van der Waals surface area contributed by atoms with E-state index in [0.717, 1.165) is 6.42 Å². The van der Waals surface area contributed by atoms with Gasteiger partial charge in [0.1, 0.15) is 11.4 Å². The van der Waals surface area contributed by atoms with Crippen LogP contribution in [-0.4, -0.2) is 29.0 Å². The van der Waals surface area contributed by atoms with Gasteiger partial charge in [0.05, 0.1) is 20.9 Å². The van der Waals surface area contributed by atoms with Gasteiger partial charge < -0.3 is 19.9 Å². The first-order chi connectivity index (χ1) is 15.2. The second-order valence-electron chi connectivity index (χ2n) is 7.32. The summed E-state index contributed by atoms with van der Waals surface area (Å²) in [5, 5.41) is 13.2. The summed E-state index contributed by atoms with van der Waals surface area (Å²) in [6.45, 7) is -0.464. The Morgan fingerprint density at radius 1 is 1.31 bits per heavy atom. The normalized spacial score (nSPS) is 20.5. The van der Waals surface area contributed by atoms with Crippen molar-refractivity contribution in [2.75, 3.05) is 6.56 Å². The average Bonchev–Trinajstić information content (AvgIpc) is 2.63. The number of nitrogens with one attached hydrogen (secondary N) is 1. The predicted octanol–water partition coefficient (Wildman–Crippen LogP) is 4.84. The van der Waals surface area contributed by atoms with E-state index in [4.69, 9.17) is 20.4 Å². The standard InChI is InChI=1S/C21H35NO4/c1-8-9-15(2)14-25-17-12-10-16(11-13-17)18(21(6,7)24)22-19(23)26-20(3,4)5/h10-13,15,18,24H,8-9,14H2,1-7H3,(H,22,23)/t15-,18-/m1/s1/i6D3,7D3,14D2. The summed E-state index contributed by atoms with van der Waals surface area (Å²) in [6, 6.07) is 3.25. The summed E-state index contributed by atoms with van der Waals surface area (Å²) in [5.74, 6) is -0.297. The van der Waals surface area contributed by atoms with Crippen LogP contribution in [0.1, 0.15) is 83.7 Å². The molecule has 148 valence electrons. The molecule has 0 aromatic heterocycles. The van der Waals surface area contributed by atoms with E-state index in [1.807, 2.05) is 6.92 Å². The van der Waals surface area contributed by atoms with E-state index in [0.29, 0.717) is 6.42 Å². The summed E-state index contributed by atoms with van der Waals surface area (Å²) in [6.07, 6.45) is 0.246. The Bertz CT molecular complexity index is 802. The zero-order chi connectivity index (χ0) is 26.8. The molecule has 0 bridgehead atoms. The van der Waals surface area contributed by atoms with Crippen LogP contribution < -0.4 is 10.1 Å². The van der Waals surface area contributed by atoms with Gasteiger partial charge in [-0.1, -0.05) is 32.4 Å². The highest BCUT2D eigenvalue weighted by Crippen LogP contribution is 2.28. The number of hydrogen-bond donors (Lipinski definition) is 2. The molecule has 1 amide bonds. The Morgan fingerprint density at radius 2 is 1.92 bits per heavy atom. The van der Waals surface area contributed by atoms with Gasteiger partial charge in [-0.05, 0) is 64.5 Å². The number of alkyl carbamates (subject to hydrolysis) is 1. The monoisotopic (exact) mass is 373 g/mol. The van der Waals surface area contributed by atoms with Crippen LogP contribution in [0, 0.1) is 5.92 Å². The molecule has 0 fully saturated rings. The lowest BCUT2D eigenvalue weighted by Crippen LogP contribution is -2.44. The fraction of sp³-hybridized carbons (Fsp3) is 0.667. The van der Waals surface area contributed by atoms with E-state index in [-0.39, 0.29) is 11.3 Å². The molecule has 0 aliphatic rings. The van der Waals surface area contributed by atoms with Crippen molar-refractivity contribution < 1.29 is 30.3 Å². The SMILES string of the molecule is [2H]C([2H])(Oc1ccc([C@@H](NC(=O)OC(C)(C)C)C(O)(C([2H])([2H])[2H])C([2H])([2H])[2H])cc1)[C@H](C)CCC. The largest absolute Gasteiger partial charge is 0.493 e. The Labute approximate surface area is 169 Å². The highest BCUT2D eigenvalue weighted by atomic mass is 16.6. The number of carbonyl (C=O) groups is 1. The summed E-state index contributed by atoms with van der Waals surface area (Å²) in [4.78, 5) is 12.4. The molecule has 0 spiro atoms. The molecule has 1 aromatic carbocycles. The molecule has 5 nitrogen and oxygen atoms in total. The van der Waals surface area contributed by atoms with Crippen molar-refractivity contribution in [3.05, 3.63) is 29.8 Å². The second kappa shape index (κ2) is 9.26. The van der Waals surface area contributed by atoms with Gasteiger partial charge in [-0.15, -0.1) is 0 Å². The number of amides is 1. The van der Waals surface area contributed by atoms with Gasteiger partial charge in [0.2, 0.25) is 0 Å². The highest BCUT2D eigenvalue weighted by Gasteiger charge is 2.31. The molecule has 0 aliphatic carbocycles. The fourth-order valence-corrected chi connectivity index (χ4v) is 2.24. The zero-order valence-corrected chi connectivity index (χ0v) is 16.1. The van der Waals surface area contributed by atoms with Gasteiger partial charge in [0.25, 0.3) is 0 Å². The summed E-state index contributed by atoms with van der Waals surface area (Å²) < 4.78 is 73.4. The van der Waals surface area contributed by atoms with E-state index < -0.39 is 49.5 Å². The fourth-order valence-electron chi connectivity index (χ4n) is 2.24. The summed E-state index contributed by atoms with van der Waals surface area (Å²) in [7, 11) is 0. The molecular formula is C21H35NO4. The van der Waals surface area contributed by atoms with Crippen LogP contribution >= 0.6 is 0 Å². The third-order valence-electron chi connectivity index (χ3n) is 3.39. The lowest BCUT2D eigenvalue weighted by Gasteiger charge is -2.31. The number of benzene rings is 1. The van der Waals surface area contributed by atoms with E-state index in [9.17, 15) is 9.90 Å². The van der Waals surface area contributed by atoms with Crippen LogP contribution in [0.3, 0.4) is 0 Å². The highest BCUT2D eigenvalue weighted by molar-refractivity contribution is 5.68. The molecule has 0 radical (unpaired) electrons. The van der Waals surface area contributed by atoms with Crippen molar-refractivity contribution in [3.8, 4) is 5.75 Å². The number of hydrogen-bond acceptors (Lipinski definition) is 4. The Kier molecular flexibility index (Phi) is 4.49. The molecule has 1 rings (SSSR count). The molecule has 5 heteroatoms. The topological polar surface area (TPSA) is 67.8 Å². The van der Waals surface area contributed by atoms with Gasteiger partial charge >= 0.3 is 6.09 Å². The van der Waals surface area contributed by atoms with Crippen LogP contribution in [0.25, 0.3) is 0 Å². The van der Waals surface area contributed by atoms with Crippen LogP contribution in [-0.2, 0) is 4.74 Å². The smallest absolute Gasteiger partial charge is 0.408 e.